The Bertz CT molecular complexity index is 1390. The highest BCUT2D eigenvalue weighted by atomic mass is 16.6. The fourth-order valence-electron chi connectivity index (χ4n) is 10.3. The maximum absolute atomic E-state index is 14.8. The van der Waals surface area contributed by atoms with Crippen LogP contribution < -0.4 is 5.32 Å². The van der Waals surface area contributed by atoms with Crippen molar-refractivity contribution in [3.8, 4) is 0 Å². The van der Waals surface area contributed by atoms with Gasteiger partial charge in [0.1, 0.15) is 11.7 Å². The fourth-order valence-corrected chi connectivity index (χ4v) is 10.3. The van der Waals surface area contributed by atoms with Crippen LogP contribution in [-0.4, -0.2) is 80.8 Å². The van der Waals surface area contributed by atoms with Gasteiger partial charge in [-0.15, -0.1) is 0 Å². The number of hydrogen-bond donors (Lipinski definition) is 4. The van der Waals surface area contributed by atoms with Crippen molar-refractivity contribution < 1.29 is 48.7 Å². The van der Waals surface area contributed by atoms with E-state index in [1.165, 1.54) is 6.92 Å². The number of ether oxygens (including phenoxy) is 3. The molecule has 0 radical (unpaired) electrons. The Morgan fingerprint density at radius 1 is 1.04 bits per heavy atom. The van der Waals surface area contributed by atoms with E-state index in [1.54, 1.807) is 34.6 Å². The molecular formula is C37H57NO10. The van der Waals surface area contributed by atoms with Crippen molar-refractivity contribution in [2.75, 3.05) is 0 Å². The van der Waals surface area contributed by atoms with Crippen molar-refractivity contribution >= 4 is 23.8 Å². The van der Waals surface area contributed by atoms with Gasteiger partial charge in [-0.1, -0.05) is 34.6 Å². The summed E-state index contributed by atoms with van der Waals surface area (Å²) in [7, 11) is 0. The number of rotatable bonds is 6. The predicted octanol–water partition coefficient (Wildman–Crippen LogP) is 4.24. The molecule has 11 nitrogen and oxygen atoms in total. The minimum absolute atomic E-state index is 0.152. The summed E-state index contributed by atoms with van der Waals surface area (Å²) in [6.07, 6.45) is -3.18. The largest absolute Gasteiger partial charge is 0.456 e. The molecule has 48 heavy (non-hydrogen) atoms. The molecule has 0 saturated heterocycles. The Balaban J connectivity index is 1.53. The van der Waals surface area contributed by atoms with Gasteiger partial charge in [0.05, 0.1) is 23.2 Å². The number of hydrogen-bond acceptors (Lipinski definition) is 10. The second-order valence-corrected chi connectivity index (χ2v) is 18.0. The zero-order valence-corrected chi connectivity index (χ0v) is 30.5. The summed E-state index contributed by atoms with van der Waals surface area (Å²) in [6.45, 7) is 19.8. The molecule has 5 aliphatic carbocycles. The summed E-state index contributed by atoms with van der Waals surface area (Å²) < 4.78 is 17.4. The molecule has 4 saturated carbocycles. The minimum Gasteiger partial charge on any atom is -0.456 e. The highest BCUT2D eigenvalue weighted by Gasteiger charge is 2.71. The number of aliphatic hydroxyl groups is 3. The van der Waals surface area contributed by atoms with Gasteiger partial charge < -0.3 is 34.8 Å². The van der Waals surface area contributed by atoms with E-state index in [4.69, 9.17) is 14.2 Å². The SMILES string of the molecule is CC(=O)OC1C(=O)[C@]2(C)C(O)C[C@H]3CCC3(O)[C@H]2[C@H](C)C2CC(OC(=O)C(O)C(NC(=O)OC(C)(C)C)C3CC3(C)C)C(C)=C1C2(C)C. The first-order valence-corrected chi connectivity index (χ1v) is 17.6. The maximum atomic E-state index is 14.8. The van der Waals surface area contributed by atoms with Crippen molar-refractivity contribution in [1.82, 2.24) is 5.32 Å². The van der Waals surface area contributed by atoms with E-state index < -0.39 is 82.2 Å². The van der Waals surface area contributed by atoms with Gasteiger partial charge in [0.25, 0.3) is 0 Å². The van der Waals surface area contributed by atoms with Gasteiger partial charge in [-0.2, -0.15) is 0 Å². The van der Waals surface area contributed by atoms with E-state index in [2.05, 4.69) is 5.32 Å². The van der Waals surface area contributed by atoms with Gasteiger partial charge in [0.2, 0.25) is 0 Å². The number of carbonyl (C=O) groups is 4. The number of nitrogens with one attached hydrogen (secondary N) is 1. The molecule has 0 aromatic carbocycles. The van der Waals surface area contributed by atoms with Crippen LogP contribution in [0.4, 0.5) is 4.79 Å². The fraction of sp³-hybridized carbons (Fsp3) is 0.838. The van der Waals surface area contributed by atoms with Crippen molar-refractivity contribution in [3.05, 3.63) is 11.1 Å². The lowest BCUT2D eigenvalue weighted by atomic mass is 9.40. The van der Waals surface area contributed by atoms with Crippen molar-refractivity contribution in [2.24, 2.45) is 45.8 Å². The van der Waals surface area contributed by atoms with Crippen LogP contribution in [0.15, 0.2) is 11.1 Å². The molecule has 12 atom stereocenters. The first kappa shape index (κ1) is 36.8. The third-order valence-corrected chi connectivity index (χ3v) is 13.0. The Hall–Kier alpha value is -2.50. The van der Waals surface area contributed by atoms with Crippen LogP contribution in [0.25, 0.3) is 0 Å². The predicted molar refractivity (Wildman–Crippen MR) is 175 cm³/mol. The van der Waals surface area contributed by atoms with Gasteiger partial charge in [-0.05, 0) is 112 Å². The summed E-state index contributed by atoms with van der Waals surface area (Å²) in [5.41, 5.74) is -3.23. The number of carbonyl (C=O) groups excluding carboxylic acids is 4. The molecule has 0 aromatic rings. The molecule has 270 valence electrons. The molecule has 0 aliphatic heterocycles. The lowest BCUT2D eigenvalue weighted by Crippen LogP contribution is -2.72. The van der Waals surface area contributed by atoms with Crippen LogP contribution in [0.1, 0.15) is 108 Å². The van der Waals surface area contributed by atoms with Crippen molar-refractivity contribution in [3.63, 3.8) is 0 Å². The average molecular weight is 676 g/mol. The molecule has 8 unspecified atom stereocenters. The van der Waals surface area contributed by atoms with E-state index in [0.717, 1.165) is 6.42 Å². The zero-order valence-electron chi connectivity index (χ0n) is 30.5. The number of Topliss-reactive ketones (excluding diaryl/α,β-unsaturated/α-hetero) is 1. The molecule has 4 N–H and O–H groups in total. The summed E-state index contributed by atoms with van der Waals surface area (Å²) in [4.78, 5) is 54.0. The number of ketones is 1. The number of alkyl carbamates (subject to hydrolysis) is 1. The normalized spacial score (nSPS) is 40.8. The van der Waals surface area contributed by atoms with Crippen LogP contribution in [0, 0.1) is 45.8 Å². The Kier molecular flexibility index (Phi) is 9.03. The first-order chi connectivity index (χ1) is 21.9. The molecule has 0 heterocycles. The first-order valence-electron chi connectivity index (χ1n) is 17.6. The van der Waals surface area contributed by atoms with Gasteiger partial charge in [-0.25, -0.2) is 9.59 Å². The van der Waals surface area contributed by atoms with Crippen molar-refractivity contribution in [1.29, 1.82) is 0 Å². The summed E-state index contributed by atoms with van der Waals surface area (Å²) in [6, 6.07) is -0.954. The summed E-state index contributed by atoms with van der Waals surface area (Å²) in [5, 5.41) is 37.9. The summed E-state index contributed by atoms with van der Waals surface area (Å²) >= 11 is 0. The standard InChI is InChI=1S/C37H57NO10/c1-17-21-15-23(47-31(43)27(41)26(22-16-34(22,7)8)38-32(44)48-33(4,5)6)18(2)25(35(21,9)10)28(46-19(3)39)30(42)36(11)24(40)14-20-12-13-37(20,45)29(17)36/h17,20-24,26-29,40-41,45H,12-16H2,1-11H3,(H,38,44)/t17-,20-,21?,22?,23?,24?,26?,27?,28?,29+,36-,37?/m1/s1. The highest BCUT2D eigenvalue weighted by molar-refractivity contribution is 5.94. The van der Waals surface area contributed by atoms with Crippen LogP contribution in [-0.2, 0) is 28.6 Å². The Morgan fingerprint density at radius 2 is 1.65 bits per heavy atom. The number of fused-ring (bicyclic) bond motifs is 5. The number of esters is 2. The van der Waals surface area contributed by atoms with E-state index in [9.17, 15) is 34.5 Å². The van der Waals surface area contributed by atoms with Crippen LogP contribution >= 0.6 is 0 Å². The molecule has 0 spiro atoms. The van der Waals surface area contributed by atoms with Crippen molar-refractivity contribution in [2.45, 2.75) is 150 Å². The third kappa shape index (κ3) is 5.89. The van der Waals surface area contributed by atoms with E-state index in [0.29, 0.717) is 30.4 Å². The quantitative estimate of drug-likeness (QED) is 0.182. The van der Waals surface area contributed by atoms with Crippen LogP contribution in [0.3, 0.4) is 0 Å². The van der Waals surface area contributed by atoms with Crippen LogP contribution in [0.2, 0.25) is 0 Å². The second kappa shape index (κ2) is 11.8. The molecule has 11 heteroatoms. The minimum atomic E-state index is -1.70. The van der Waals surface area contributed by atoms with E-state index in [1.807, 2.05) is 34.6 Å². The van der Waals surface area contributed by atoms with Gasteiger partial charge in [0, 0.05) is 12.8 Å². The summed E-state index contributed by atoms with van der Waals surface area (Å²) in [5.74, 6) is -3.61. The number of amides is 1. The molecule has 5 rings (SSSR count). The molecule has 4 fully saturated rings. The molecule has 0 aromatic heterocycles. The monoisotopic (exact) mass is 675 g/mol. The van der Waals surface area contributed by atoms with Gasteiger partial charge >= 0.3 is 18.0 Å². The third-order valence-electron chi connectivity index (χ3n) is 13.0. The molecular weight excluding hydrogens is 618 g/mol. The van der Waals surface area contributed by atoms with Gasteiger partial charge in [0.15, 0.2) is 18.0 Å². The molecule has 5 aliphatic rings. The Labute approximate surface area is 284 Å². The Morgan fingerprint density at radius 3 is 2.15 bits per heavy atom. The molecule has 2 bridgehead atoms. The lowest BCUT2D eigenvalue weighted by molar-refractivity contribution is -0.255. The topological polar surface area (TPSA) is 169 Å². The molecule has 1 amide bonds. The second-order valence-electron chi connectivity index (χ2n) is 18.0. The smallest absolute Gasteiger partial charge is 0.407 e. The van der Waals surface area contributed by atoms with Crippen LogP contribution in [0.5, 0.6) is 0 Å². The lowest BCUT2D eigenvalue weighted by Gasteiger charge is -2.66. The average Bonchev–Trinajstić information content (AvgIpc) is 3.58. The highest BCUT2D eigenvalue weighted by Crippen LogP contribution is 2.66. The zero-order chi connectivity index (χ0) is 36.1. The van der Waals surface area contributed by atoms with E-state index >= 15 is 0 Å². The maximum Gasteiger partial charge on any atom is 0.407 e. The van der Waals surface area contributed by atoms with E-state index in [-0.39, 0.29) is 35.5 Å². The van der Waals surface area contributed by atoms with Gasteiger partial charge in [-0.3, -0.25) is 9.59 Å². The number of aliphatic hydroxyl groups excluding tert-OH is 2.